The Kier molecular flexibility index (Phi) is 3.83. The summed E-state index contributed by atoms with van der Waals surface area (Å²) in [5.41, 5.74) is 10.1. The summed E-state index contributed by atoms with van der Waals surface area (Å²) in [5, 5.41) is 0. The average Bonchev–Trinajstić information content (AvgIpc) is 2.40. The van der Waals surface area contributed by atoms with Gasteiger partial charge in [0.1, 0.15) is 5.82 Å². The normalized spacial score (nSPS) is 16.7. The van der Waals surface area contributed by atoms with Gasteiger partial charge in [-0.1, -0.05) is 42.8 Å². The largest absolute Gasteiger partial charge is 0.324 e. The first-order valence-electron chi connectivity index (χ1n) is 7.33. The van der Waals surface area contributed by atoms with Gasteiger partial charge in [-0.2, -0.15) is 0 Å². The van der Waals surface area contributed by atoms with Crippen molar-refractivity contribution < 1.29 is 4.39 Å². The highest BCUT2D eigenvalue weighted by Gasteiger charge is 2.23. The second-order valence-corrected chi connectivity index (χ2v) is 5.69. The van der Waals surface area contributed by atoms with Gasteiger partial charge in [0.15, 0.2) is 0 Å². The molecule has 0 radical (unpaired) electrons. The Hall–Kier alpha value is -1.67. The van der Waals surface area contributed by atoms with E-state index in [1.165, 1.54) is 42.5 Å². The molecular formula is C18H20FN. The minimum Gasteiger partial charge on any atom is -0.324 e. The van der Waals surface area contributed by atoms with E-state index in [2.05, 4.69) is 24.3 Å². The van der Waals surface area contributed by atoms with Crippen LogP contribution in [0.3, 0.4) is 0 Å². The van der Waals surface area contributed by atoms with Gasteiger partial charge in [-0.25, -0.2) is 4.39 Å². The highest BCUT2D eigenvalue weighted by atomic mass is 19.1. The van der Waals surface area contributed by atoms with Crippen LogP contribution in [0.2, 0.25) is 0 Å². The summed E-state index contributed by atoms with van der Waals surface area (Å²) in [6.07, 6.45) is 4.64. The molecule has 0 spiro atoms. The first-order chi connectivity index (χ1) is 9.74. The standard InChI is InChI=1S/C18H20FN/c19-15-10-8-13(9-11-15)12-18(20)17-7-2-1-6-16(17)14-4-3-5-14/h1-2,6-11,14,18H,3-5,12,20H2. The van der Waals surface area contributed by atoms with E-state index < -0.39 is 0 Å². The lowest BCUT2D eigenvalue weighted by Crippen LogP contribution is -2.19. The molecule has 0 bridgehead atoms. The third-order valence-corrected chi connectivity index (χ3v) is 4.31. The van der Waals surface area contributed by atoms with E-state index in [9.17, 15) is 4.39 Å². The number of rotatable bonds is 4. The van der Waals surface area contributed by atoms with Crippen molar-refractivity contribution in [2.45, 2.75) is 37.6 Å². The molecule has 0 aromatic heterocycles. The number of benzene rings is 2. The van der Waals surface area contributed by atoms with Crippen LogP contribution in [0.1, 0.15) is 47.9 Å². The topological polar surface area (TPSA) is 26.0 Å². The van der Waals surface area contributed by atoms with Gasteiger partial charge in [0.05, 0.1) is 0 Å². The number of nitrogens with two attached hydrogens (primary N) is 1. The van der Waals surface area contributed by atoms with Crippen molar-refractivity contribution in [3.8, 4) is 0 Å². The van der Waals surface area contributed by atoms with Crippen molar-refractivity contribution in [3.63, 3.8) is 0 Å². The van der Waals surface area contributed by atoms with E-state index in [1.807, 2.05) is 12.1 Å². The minimum atomic E-state index is -0.197. The van der Waals surface area contributed by atoms with Gasteiger partial charge in [-0.15, -0.1) is 0 Å². The van der Waals surface area contributed by atoms with Crippen molar-refractivity contribution in [1.82, 2.24) is 0 Å². The van der Waals surface area contributed by atoms with E-state index >= 15 is 0 Å². The first-order valence-corrected chi connectivity index (χ1v) is 7.33. The SMILES string of the molecule is NC(Cc1ccc(F)cc1)c1ccccc1C1CCC1. The molecule has 2 aromatic carbocycles. The molecule has 1 saturated carbocycles. The fraction of sp³-hybridized carbons (Fsp3) is 0.333. The number of halogens is 1. The number of hydrogen-bond acceptors (Lipinski definition) is 1. The van der Waals surface area contributed by atoms with E-state index in [-0.39, 0.29) is 11.9 Å². The molecule has 2 aromatic rings. The molecule has 1 aliphatic rings. The lowest BCUT2D eigenvalue weighted by Gasteiger charge is -2.29. The highest BCUT2D eigenvalue weighted by molar-refractivity contribution is 5.35. The Morgan fingerprint density at radius 3 is 2.40 bits per heavy atom. The second-order valence-electron chi connectivity index (χ2n) is 5.69. The predicted octanol–water partition coefficient (Wildman–Crippen LogP) is 4.34. The van der Waals surface area contributed by atoms with Crippen LogP contribution in [0.5, 0.6) is 0 Å². The lowest BCUT2D eigenvalue weighted by atomic mass is 9.77. The van der Waals surface area contributed by atoms with E-state index in [0.717, 1.165) is 12.0 Å². The third kappa shape index (κ3) is 2.75. The van der Waals surface area contributed by atoms with Gasteiger partial charge in [0, 0.05) is 6.04 Å². The second kappa shape index (κ2) is 5.76. The van der Waals surface area contributed by atoms with Gasteiger partial charge in [-0.05, 0) is 54.0 Å². The number of hydrogen-bond donors (Lipinski definition) is 1. The molecule has 1 fully saturated rings. The molecule has 1 nitrogen and oxygen atoms in total. The molecule has 1 atom stereocenters. The van der Waals surface area contributed by atoms with Crippen molar-refractivity contribution in [1.29, 1.82) is 0 Å². The van der Waals surface area contributed by atoms with Crippen LogP contribution in [0, 0.1) is 5.82 Å². The van der Waals surface area contributed by atoms with Gasteiger partial charge < -0.3 is 5.73 Å². The summed E-state index contributed by atoms with van der Waals surface area (Å²) in [6, 6.07) is 15.1. The zero-order valence-corrected chi connectivity index (χ0v) is 11.6. The molecule has 104 valence electrons. The first kappa shape index (κ1) is 13.3. The van der Waals surface area contributed by atoms with Crippen molar-refractivity contribution in [2.24, 2.45) is 5.73 Å². The summed E-state index contributed by atoms with van der Waals surface area (Å²) in [7, 11) is 0. The Labute approximate surface area is 119 Å². The van der Waals surface area contributed by atoms with Crippen LogP contribution in [0.25, 0.3) is 0 Å². The zero-order valence-electron chi connectivity index (χ0n) is 11.6. The van der Waals surface area contributed by atoms with Crippen LogP contribution in [-0.2, 0) is 6.42 Å². The van der Waals surface area contributed by atoms with Crippen molar-refractivity contribution in [2.75, 3.05) is 0 Å². The molecule has 1 aliphatic carbocycles. The fourth-order valence-corrected chi connectivity index (χ4v) is 2.92. The Balaban J connectivity index is 1.79. The maximum Gasteiger partial charge on any atom is 0.123 e. The van der Waals surface area contributed by atoms with Gasteiger partial charge in [-0.3, -0.25) is 0 Å². The van der Waals surface area contributed by atoms with Crippen LogP contribution in [0.15, 0.2) is 48.5 Å². The molecule has 1 unspecified atom stereocenters. The Morgan fingerprint density at radius 1 is 1.05 bits per heavy atom. The quantitative estimate of drug-likeness (QED) is 0.878. The maximum absolute atomic E-state index is 12.9. The maximum atomic E-state index is 12.9. The molecule has 0 amide bonds. The van der Waals surface area contributed by atoms with Crippen molar-refractivity contribution >= 4 is 0 Å². The monoisotopic (exact) mass is 269 g/mol. The fourth-order valence-electron chi connectivity index (χ4n) is 2.92. The summed E-state index contributed by atoms with van der Waals surface area (Å²) in [6.45, 7) is 0. The van der Waals surface area contributed by atoms with E-state index in [0.29, 0.717) is 5.92 Å². The van der Waals surface area contributed by atoms with Gasteiger partial charge in [0.25, 0.3) is 0 Å². The summed E-state index contributed by atoms with van der Waals surface area (Å²) < 4.78 is 12.9. The van der Waals surface area contributed by atoms with Crippen LogP contribution >= 0.6 is 0 Å². The zero-order chi connectivity index (χ0) is 13.9. The predicted molar refractivity (Wildman–Crippen MR) is 80.1 cm³/mol. The smallest absolute Gasteiger partial charge is 0.123 e. The molecule has 20 heavy (non-hydrogen) atoms. The molecule has 0 aliphatic heterocycles. The van der Waals surface area contributed by atoms with Gasteiger partial charge in [0.2, 0.25) is 0 Å². The highest BCUT2D eigenvalue weighted by Crippen LogP contribution is 2.39. The Morgan fingerprint density at radius 2 is 1.75 bits per heavy atom. The summed E-state index contributed by atoms with van der Waals surface area (Å²) >= 11 is 0. The summed E-state index contributed by atoms with van der Waals surface area (Å²) in [5.74, 6) is 0.489. The van der Waals surface area contributed by atoms with Crippen molar-refractivity contribution in [3.05, 3.63) is 71.0 Å². The van der Waals surface area contributed by atoms with Gasteiger partial charge >= 0.3 is 0 Å². The molecular weight excluding hydrogens is 249 g/mol. The molecule has 2 heteroatoms. The van der Waals surface area contributed by atoms with Crippen LogP contribution < -0.4 is 5.73 Å². The van der Waals surface area contributed by atoms with E-state index in [4.69, 9.17) is 5.73 Å². The van der Waals surface area contributed by atoms with Crippen LogP contribution in [-0.4, -0.2) is 0 Å². The van der Waals surface area contributed by atoms with E-state index in [1.54, 1.807) is 0 Å². The molecule has 2 N–H and O–H groups in total. The summed E-state index contributed by atoms with van der Waals surface area (Å²) in [4.78, 5) is 0. The molecule has 3 rings (SSSR count). The van der Waals surface area contributed by atoms with Crippen LogP contribution in [0.4, 0.5) is 4.39 Å². The third-order valence-electron chi connectivity index (χ3n) is 4.31. The minimum absolute atomic E-state index is 0.0164. The average molecular weight is 269 g/mol. The Bertz CT molecular complexity index is 572. The molecule has 0 heterocycles. The lowest BCUT2D eigenvalue weighted by molar-refractivity contribution is 0.415. The molecule has 0 saturated heterocycles.